The van der Waals surface area contributed by atoms with Crippen molar-refractivity contribution >= 4 is 41.3 Å². The molecule has 144 valence electrons. The van der Waals surface area contributed by atoms with E-state index in [1.807, 2.05) is 38.1 Å². The number of aryl methyl sites for hydroxylation is 1. The molecule has 2 aromatic rings. The number of aliphatic imine (C=N–C) groups is 1. The molecule has 1 N–H and O–H groups in total. The minimum Gasteiger partial charge on any atom is -0.357 e. The molecule has 0 aliphatic rings. The summed E-state index contributed by atoms with van der Waals surface area (Å²) in [5.41, 5.74) is 1.74. The van der Waals surface area contributed by atoms with Crippen LogP contribution in [0.4, 0.5) is 8.78 Å². The van der Waals surface area contributed by atoms with Crippen LogP contribution >= 0.6 is 35.3 Å². The van der Waals surface area contributed by atoms with Gasteiger partial charge in [-0.2, -0.15) is 0 Å². The molecule has 0 bridgehead atoms. The Morgan fingerprint density at radius 3 is 2.65 bits per heavy atom. The van der Waals surface area contributed by atoms with E-state index in [4.69, 9.17) is 0 Å². The van der Waals surface area contributed by atoms with Gasteiger partial charge in [-0.3, -0.25) is 4.99 Å². The molecule has 0 spiro atoms. The highest BCUT2D eigenvalue weighted by Gasteiger charge is 2.12. The van der Waals surface area contributed by atoms with E-state index in [0.717, 1.165) is 34.8 Å². The quantitative estimate of drug-likeness (QED) is 0.364. The molecule has 0 amide bonds. The van der Waals surface area contributed by atoms with E-state index in [1.165, 1.54) is 6.07 Å². The number of thiazole rings is 1. The molecule has 1 unspecified atom stereocenters. The van der Waals surface area contributed by atoms with Gasteiger partial charge in [-0.1, -0.05) is 13.0 Å². The van der Waals surface area contributed by atoms with Crippen molar-refractivity contribution < 1.29 is 8.78 Å². The largest absolute Gasteiger partial charge is 0.357 e. The second-order valence-corrected chi connectivity index (χ2v) is 7.05. The summed E-state index contributed by atoms with van der Waals surface area (Å²) in [4.78, 5) is 11.1. The molecular formula is C18H25F2IN4S. The molecule has 0 aliphatic carbocycles. The monoisotopic (exact) mass is 494 g/mol. The summed E-state index contributed by atoms with van der Waals surface area (Å²) < 4.78 is 26.5. The van der Waals surface area contributed by atoms with Crippen LogP contribution in [0.25, 0.3) is 0 Å². The molecule has 1 atom stereocenters. The van der Waals surface area contributed by atoms with Gasteiger partial charge in [0.15, 0.2) is 17.6 Å². The van der Waals surface area contributed by atoms with Gasteiger partial charge >= 0.3 is 0 Å². The number of hydrogen-bond acceptors (Lipinski definition) is 3. The first-order valence-electron chi connectivity index (χ1n) is 8.26. The van der Waals surface area contributed by atoms with Gasteiger partial charge in [-0.25, -0.2) is 13.8 Å². The van der Waals surface area contributed by atoms with E-state index in [0.29, 0.717) is 13.1 Å². The summed E-state index contributed by atoms with van der Waals surface area (Å²) in [5, 5.41) is 6.33. The van der Waals surface area contributed by atoms with Gasteiger partial charge in [-0.15, -0.1) is 35.3 Å². The highest BCUT2D eigenvalue weighted by atomic mass is 127. The Morgan fingerprint density at radius 1 is 1.35 bits per heavy atom. The summed E-state index contributed by atoms with van der Waals surface area (Å²) in [6, 6.07) is 4.00. The van der Waals surface area contributed by atoms with Gasteiger partial charge in [-0.05, 0) is 31.5 Å². The molecule has 26 heavy (non-hydrogen) atoms. The number of guanidine groups is 1. The van der Waals surface area contributed by atoms with E-state index in [9.17, 15) is 8.78 Å². The van der Waals surface area contributed by atoms with Crippen LogP contribution in [0.5, 0.6) is 0 Å². The van der Waals surface area contributed by atoms with E-state index in [1.54, 1.807) is 17.4 Å². The van der Waals surface area contributed by atoms with Crippen molar-refractivity contribution in [3.63, 3.8) is 0 Å². The van der Waals surface area contributed by atoms with Crippen LogP contribution in [0.15, 0.2) is 28.6 Å². The fourth-order valence-electron chi connectivity index (χ4n) is 2.42. The SMILES string of the molecule is CCNC(=NCC(C)c1ccc(F)c(F)c1)N(C)Cc1csc(C)n1.I. The standard InChI is InChI=1S/C18H24F2N4S.HI/c1-5-21-18(24(4)10-15-11-25-13(3)23-15)22-9-12(2)14-6-7-16(19)17(20)8-14;/h6-8,11-12H,5,9-10H2,1-4H3,(H,21,22);1H. The fourth-order valence-corrected chi connectivity index (χ4v) is 3.02. The van der Waals surface area contributed by atoms with Crippen LogP contribution in [0, 0.1) is 18.6 Å². The number of rotatable bonds is 6. The minimum absolute atomic E-state index is 0. The van der Waals surface area contributed by atoms with E-state index in [-0.39, 0.29) is 29.9 Å². The first-order chi connectivity index (χ1) is 11.9. The second-order valence-electron chi connectivity index (χ2n) is 5.98. The molecule has 0 saturated heterocycles. The summed E-state index contributed by atoms with van der Waals surface area (Å²) in [5.74, 6) is -0.899. The topological polar surface area (TPSA) is 40.5 Å². The summed E-state index contributed by atoms with van der Waals surface area (Å²) >= 11 is 1.63. The normalized spacial score (nSPS) is 12.5. The third-order valence-electron chi connectivity index (χ3n) is 3.79. The Kier molecular flexibility index (Phi) is 9.42. The average molecular weight is 494 g/mol. The van der Waals surface area contributed by atoms with Crippen molar-refractivity contribution in [1.82, 2.24) is 15.2 Å². The predicted molar refractivity (Wildman–Crippen MR) is 114 cm³/mol. The highest BCUT2D eigenvalue weighted by Crippen LogP contribution is 2.18. The smallest absolute Gasteiger partial charge is 0.194 e. The summed E-state index contributed by atoms with van der Waals surface area (Å²) in [6.45, 7) is 7.83. The van der Waals surface area contributed by atoms with Gasteiger partial charge in [0, 0.05) is 31.4 Å². The van der Waals surface area contributed by atoms with Gasteiger partial charge < -0.3 is 10.2 Å². The van der Waals surface area contributed by atoms with Crippen molar-refractivity contribution in [2.24, 2.45) is 4.99 Å². The van der Waals surface area contributed by atoms with Crippen molar-refractivity contribution in [2.45, 2.75) is 33.2 Å². The van der Waals surface area contributed by atoms with Gasteiger partial charge in [0.1, 0.15) is 0 Å². The maximum Gasteiger partial charge on any atom is 0.194 e. The molecule has 1 aromatic carbocycles. The Labute approximate surface area is 174 Å². The zero-order chi connectivity index (χ0) is 18.4. The molecule has 0 radical (unpaired) electrons. The number of aromatic nitrogens is 1. The first kappa shape index (κ1) is 22.8. The molecule has 4 nitrogen and oxygen atoms in total. The van der Waals surface area contributed by atoms with Crippen LogP contribution in [0.3, 0.4) is 0 Å². The lowest BCUT2D eigenvalue weighted by molar-refractivity contribution is 0.469. The Hall–Kier alpha value is -1.29. The van der Waals surface area contributed by atoms with Crippen LogP contribution in [0.2, 0.25) is 0 Å². The highest BCUT2D eigenvalue weighted by molar-refractivity contribution is 14.0. The second kappa shape index (κ2) is 10.8. The molecular weight excluding hydrogens is 469 g/mol. The van der Waals surface area contributed by atoms with Crippen LogP contribution in [0.1, 0.15) is 36.0 Å². The van der Waals surface area contributed by atoms with Crippen molar-refractivity contribution in [2.75, 3.05) is 20.1 Å². The number of halogens is 3. The van der Waals surface area contributed by atoms with E-state index < -0.39 is 11.6 Å². The first-order valence-corrected chi connectivity index (χ1v) is 9.14. The predicted octanol–water partition coefficient (Wildman–Crippen LogP) is 4.55. The molecule has 0 fully saturated rings. The van der Waals surface area contributed by atoms with Crippen LogP contribution < -0.4 is 5.32 Å². The number of nitrogens with one attached hydrogen (secondary N) is 1. The Balaban J connectivity index is 0.00000338. The molecule has 1 aromatic heterocycles. The number of nitrogens with zero attached hydrogens (tertiary/aromatic N) is 3. The van der Waals surface area contributed by atoms with Gasteiger partial charge in [0.25, 0.3) is 0 Å². The fraction of sp³-hybridized carbons (Fsp3) is 0.444. The molecule has 2 rings (SSSR count). The lowest BCUT2D eigenvalue weighted by Crippen LogP contribution is -2.38. The zero-order valence-electron chi connectivity index (χ0n) is 15.4. The van der Waals surface area contributed by atoms with Crippen molar-refractivity contribution in [3.05, 3.63) is 51.5 Å². The minimum atomic E-state index is -0.828. The lowest BCUT2D eigenvalue weighted by Gasteiger charge is -2.22. The molecule has 1 heterocycles. The summed E-state index contributed by atoms with van der Waals surface area (Å²) in [7, 11) is 1.96. The van der Waals surface area contributed by atoms with Gasteiger partial charge in [0.2, 0.25) is 0 Å². The number of hydrogen-bond donors (Lipinski definition) is 1. The zero-order valence-corrected chi connectivity index (χ0v) is 18.6. The van der Waals surface area contributed by atoms with E-state index >= 15 is 0 Å². The average Bonchev–Trinajstić information content (AvgIpc) is 2.98. The van der Waals surface area contributed by atoms with Crippen LogP contribution in [-0.2, 0) is 6.54 Å². The molecule has 8 heteroatoms. The van der Waals surface area contributed by atoms with Crippen LogP contribution in [-0.4, -0.2) is 36.0 Å². The summed E-state index contributed by atoms with van der Waals surface area (Å²) in [6.07, 6.45) is 0. The third-order valence-corrected chi connectivity index (χ3v) is 4.61. The molecule has 0 saturated carbocycles. The maximum absolute atomic E-state index is 13.4. The lowest BCUT2D eigenvalue weighted by atomic mass is 10.0. The number of benzene rings is 1. The van der Waals surface area contributed by atoms with Crippen molar-refractivity contribution in [3.8, 4) is 0 Å². The molecule has 0 aliphatic heterocycles. The third kappa shape index (κ3) is 6.46. The maximum atomic E-state index is 13.4. The van der Waals surface area contributed by atoms with Gasteiger partial charge in [0.05, 0.1) is 17.2 Å². The van der Waals surface area contributed by atoms with E-state index in [2.05, 4.69) is 15.3 Å². The Bertz CT molecular complexity index is 736. The van der Waals surface area contributed by atoms with Crippen molar-refractivity contribution in [1.29, 1.82) is 0 Å². The Morgan fingerprint density at radius 2 is 2.08 bits per heavy atom.